The first kappa shape index (κ1) is 11.0. The van der Waals surface area contributed by atoms with Crippen molar-refractivity contribution in [1.29, 1.82) is 0 Å². The highest BCUT2D eigenvalue weighted by Gasteiger charge is 2.17. The second kappa shape index (κ2) is 4.40. The van der Waals surface area contributed by atoms with Crippen molar-refractivity contribution < 1.29 is 0 Å². The fraction of sp³-hybridized carbons (Fsp3) is 0.444. The summed E-state index contributed by atoms with van der Waals surface area (Å²) < 4.78 is 1.05. The molecule has 0 bridgehead atoms. The maximum absolute atomic E-state index is 5.92. The fourth-order valence-corrected chi connectivity index (χ4v) is 2.05. The Balaban J connectivity index is 0.000000845. The number of aryl methyl sites for hydroxylation is 1. The van der Waals surface area contributed by atoms with Gasteiger partial charge >= 0.3 is 0 Å². The van der Waals surface area contributed by atoms with Gasteiger partial charge in [-0.2, -0.15) is 0 Å². The van der Waals surface area contributed by atoms with Crippen LogP contribution in [0.3, 0.4) is 0 Å². The molecule has 1 heterocycles. The molecule has 0 saturated carbocycles. The Hall–Kier alpha value is -0.120. The first-order chi connectivity index (χ1) is 5.77. The average molecular weight is 264 g/mol. The van der Waals surface area contributed by atoms with Gasteiger partial charge < -0.3 is 5.73 Å². The first-order valence-electron chi connectivity index (χ1n) is 4.17. The van der Waals surface area contributed by atoms with E-state index in [1.54, 1.807) is 0 Å². The smallest absolute Gasteiger partial charge is 0.0603 e. The minimum atomic E-state index is 0. The number of rotatable bonds is 0. The Labute approximate surface area is 92.5 Å². The van der Waals surface area contributed by atoms with E-state index >= 15 is 0 Å². The SMILES string of the molecule is Cl.N[C@@H]1CCCc2cc(Br)cnc21. The summed E-state index contributed by atoms with van der Waals surface area (Å²) in [4.78, 5) is 4.33. The van der Waals surface area contributed by atoms with Crippen molar-refractivity contribution >= 4 is 28.3 Å². The maximum Gasteiger partial charge on any atom is 0.0603 e. The summed E-state index contributed by atoms with van der Waals surface area (Å²) in [6.07, 6.45) is 5.20. The van der Waals surface area contributed by atoms with Gasteiger partial charge in [-0.05, 0) is 46.8 Å². The van der Waals surface area contributed by atoms with Gasteiger partial charge in [-0.3, -0.25) is 4.98 Å². The molecule has 72 valence electrons. The number of pyridine rings is 1. The number of halogens is 2. The molecule has 4 heteroatoms. The molecule has 0 unspecified atom stereocenters. The molecule has 0 aliphatic heterocycles. The van der Waals surface area contributed by atoms with E-state index < -0.39 is 0 Å². The molecule has 0 aromatic carbocycles. The van der Waals surface area contributed by atoms with E-state index in [1.807, 2.05) is 6.20 Å². The van der Waals surface area contributed by atoms with Crippen molar-refractivity contribution in [1.82, 2.24) is 4.98 Å². The van der Waals surface area contributed by atoms with E-state index in [9.17, 15) is 0 Å². The second-order valence-corrected chi connectivity index (χ2v) is 4.11. The van der Waals surface area contributed by atoms with E-state index in [4.69, 9.17) is 5.73 Å². The maximum atomic E-state index is 5.92. The summed E-state index contributed by atoms with van der Waals surface area (Å²) in [7, 11) is 0. The van der Waals surface area contributed by atoms with Gasteiger partial charge in [0.2, 0.25) is 0 Å². The van der Waals surface area contributed by atoms with Gasteiger partial charge in [0, 0.05) is 16.7 Å². The van der Waals surface area contributed by atoms with Gasteiger partial charge in [-0.1, -0.05) is 0 Å². The van der Waals surface area contributed by atoms with Crippen LogP contribution in [0.2, 0.25) is 0 Å². The van der Waals surface area contributed by atoms with Crippen LogP contribution in [0, 0.1) is 0 Å². The molecule has 0 amide bonds. The molecule has 13 heavy (non-hydrogen) atoms. The fourth-order valence-electron chi connectivity index (χ4n) is 1.68. The standard InChI is InChI=1S/C9H11BrN2.ClH/c10-7-4-6-2-1-3-8(11)9(6)12-5-7;/h4-5,8H,1-3,11H2;1H/t8-;/m1./s1. The molecule has 0 spiro atoms. The molecule has 0 fully saturated rings. The minimum absolute atomic E-state index is 0. The van der Waals surface area contributed by atoms with Crippen molar-refractivity contribution in [3.05, 3.63) is 28.0 Å². The molecule has 1 aromatic heterocycles. The van der Waals surface area contributed by atoms with Gasteiger partial charge in [0.05, 0.1) is 5.69 Å². The summed E-state index contributed by atoms with van der Waals surface area (Å²) in [5.41, 5.74) is 8.31. The third-order valence-corrected chi connectivity index (χ3v) is 2.71. The van der Waals surface area contributed by atoms with E-state index in [1.165, 1.54) is 12.0 Å². The molecular weight excluding hydrogens is 251 g/mol. The number of hydrogen-bond donors (Lipinski definition) is 1. The predicted octanol–water partition coefficient (Wildman–Crippen LogP) is 2.60. The zero-order valence-corrected chi connectivity index (χ0v) is 9.57. The number of nitrogens with zero attached hydrogens (tertiary/aromatic N) is 1. The molecular formula is C9H12BrClN2. The number of fused-ring (bicyclic) bond motifs is 1. The molecule has 1 aromatic rings. The van der Waals surface area contributed by atoms with Crippen LogP contribution in [0.5, 0.6) is 0 Å². The van der Waals surface area contributed by atoms with Crippen LogP contribution in [0.4, 0.5) is 0 Å². The molecule has 1 aliphatic rings. The van der Waals surface area contributed by atoms with Crippen LogP contribution in [0.1, 0.15) is 30.1 Å². The molecule has 2 rings (SSSR count). The lowest BCUT2D eigenvalue weighted by atomic mass is 9.93. The normalized spacial score (nSPS) is 20.3. The summed E-state index contributed by atoms with van der Waals surface area (Å²) in [6.45, 7) is 0. The summed E-state index contributed by atoms with van der Waals surface area (Å²) >= 11 is 3.41. The Bertz CT molecular complexity index is 304. The van der Waals surface area contributed by atoms with Crippen LogP contribution in [0.25, 0.3) is 0 Å². The van der Waals surface area contributed by atoms with E-state index in [0.29, 0.717) is 0 Å². The quantitative estimate of drug-likeness (QED) is 0.781. The van der Waals surface area contributed by atoms with Crippen molar-refractivity contribution in [2.75, 3.05) is 0 Å². The van der Waals surface area contributed by atoms with Crippen LogP contribution in [-0.2, 0) is 6.42 Å². The van der Waals surface area contributed by atoms with Crippen molar-refractivity contribution in [2.24, 2.45) is 5.73 Å². The highest BCUT2D eigenvalue weighted by Crippen LogP contribution is 2.27. The van der Waals surface area contributed by atoms with Gasteiger partial charge in [-0.15, -0.1) is 12.4 Å². The Morgan fingerprint density at radius 3 is 3.08 bits per heavy atom. The highest BCUT2D eigenvalue weighted by atomic mass is 79.9. The zero-order valence-electron chi connectivity index (χ0n) is 7.16. The van der Waals surface area contributed by atoms with Gasteiger partial charge in [-0.25, -0.2) is 0 Å². The lowest BCUT2D eigenvalue weighted by molar-refractivity contribution is 0.553. The third-order valence-electron chi connectivity index (χ3n) is 2.28. The van der Waals surface area contributed by atoms with E-state index in [0.717, 1.165) is 23.0 Å². The Morgan fingerprint density at radius 2 is 2.31 bits per heavy atom. The lowest BCUT2D eigenvalue weighted by Gasteiger charge is -2.20. The number of aromatic nitrogens is 1. The van der Waals surface area contributed by atoms with Crippen LogP contribution < -0.4 is 5.73 Å². The zero-order chi connectivity index (χ0) is 8.55. The summed E-state index contributed by atoms with van der Waals surface area (Å²) in [5.74, 6) is 0. The minimum Gasteiger partial charge on any atom is -0.323 e. The van der Waals surface area contributed by atoms with E-state index in [-0.39, 0.29) is 18.4 Å². The van der Waals surface area contributed by atoms with Gasteiger partial charge in [0.15, 0.2) is 0 Å². The average Bonchev–Trinajstić information content (AvgIpc) is 2.04. The van der Waals surface area contributed by atoms with Crippen LogP contribution in [-0.4, -0.2) is 4.98 Å². The van der Waals surface area contributed by atoms with E-state index in [2.05, 4.69) is 27.0 Å². The topological polar surface area (TPSA) is 38.9 Å². The molecule has 2 nitrogen and oxygen atoms in total. The molecule has 0 radical (unpaired) electrons. The first-order valence-corrected chi connectivity index (χ1v) is 4.96. The van der Waals surface area contributed by atoms with Crippen LogP contribution >= 0.6 is 28.3 Å². The molecule has 1 aliphatic carbocycles. The van der Waals surface area contributed by atoms with Crippen molar-refractivity contribution in [3.8, 4) is 0 Å². The monoisotopic (exact) mass is 262 g/mol. The summed E-state index contributed by atoms with van der Waals surface area (Å²) in [6, 6.07) is 2.28. The summed E-state index contributed by atoms with van der Waals surface area (Å²) in [5, 5.41) is 0. The number of hydrogen-bond acceptors (Lipinski definition) is 2. The number of nitrogens with two attached hydrogens (primary N) is 1. The molecule has 1 atom stereocenters. The third kappa shape index (κ3) is 2.22. The molecule has 2 N–H and O–H groups in total. The predicted molar refractivity (Wildman–Crippen MR) is 59.1 cm³/mol. The largest absolute Gasteiger partial charge is 0.323 e. The second-order valence-electron chi connectivity index (χ2n) is 3.20. The lowest BCUT2D eigenvalue weighted by Crippen LogP contribution is -2.18. The van der Waals surface area contributed by atoms with Crippen LogP contribution in [0.15, 0.2) is 16.7 Å². The molecule has 0 saturated heterocycles. The van der Waals surface area contributed by atoms with Crippen molar-refractivity contribution in [3.63, 3.8) is 0 Å². The van der Waals surface area contributed by atoms with Gasteiger partial charge in [0.25, 0.3) is 0 Å². The van der Waals surface area contributed by atoms with Gasteiger partial charge in [0.1, 0.15) is 0 Å². The Morgan fingerprint density at radius 1 is 1.54 bits per heavy atom. The van der Waals surface area contributed by atoms with Crippen molar-refractivity contribution in [2.45, 2.75) is 25.3 Å². The Kier molecular flexibility index (Phi) is 3.71. The highest BCUT2D eigenvalue weighted by molar-refractivity contribution is 9.10.